The first kappa shape index (κ1) is 31.1. The molecular weight excluding hydrogens is 562 g/mol. The molecule has 0 bridgehead atoms. The fourth-order valence-corrected chi connectivity index (χ4v) is 4.14. The Kier molecular flexibility index (Phi) is 10.9. The smallest absolute Gasteiger partial charge is 0.271 e. The molecule has 0 atom stereocenters. The monoisotopic (exact) mass is 593 g/mol. The van der Waals surface area contributed by atoms with E-state index in [0.717, 1.165) is 11.1 Å². The van der Waals surface area contributed by atoms with Gasteiger partial charge < -0.3 is 24.3 Å². The first-order valence-electron chi connectivity index (χ1n) is 13.9. The zero-order chi connectivity index (χ0) is 31.3. The normalized spacial score (nSPS) is 10.8. The van der Waals surface area contributed by atoms with Gasteiger partial charge >= 0.3 is 0 Å². The lowest BCUT2D eigenvalue weighted by atomic mass is 10.1. The van der Waals surface area contributed by atoms with Gasteiger partial charge in [-0.05, 0) is 66.9 Å². The maximum atomic E-state index is 12.7. The number of nitro groups is 1. The number of carbonyl (C=O) groups is 1. The van der Waals surface area contributed by atoms with Gasteiger partial charge in [-0.2, -0.15) is 5.26 Å². The van der Waals surface area contributed by atoms with Crippen molar-refractivity contribution in [2.24, 2.45) is 0 Å². The van der Waals surface area contributed by atoms with E-state index in [-0.39, 0.29) is 23.6 Å². The Morgan fingerprint density at radius 3 is 2.11 bits per heavy atom. The van der Waals surface area contributed by atoms with Crippen molar-refractivity contribution < 1.29 is 28.7 Å². The molecule has 0 radical (unpaired) electrons. The van der Waals surface area contributed by atoms with Gasteiger partial charge in [0.05, 0.1) is 18.1 Å². The number of ether oxygens (including phenoxy) is 4. The Bertz CT molecular complexity index is 1680. The molecule has 4 aromatic carbocycles. The number of anilines is 1. The van der Waals surface area contributed by atoms with Gasteiger partial charge in [-0.1, -0.05) is 48.5 Å². The molecule has 0 spiro atoms. The van der Waals surface area contributed by atoms with Crippen LogP contribution in [0.1, 0.15) is 30.5 Å². The molecule has 44 heavy (non-hydrogen) atoms. The lowest BCUT2D eigenvalue weighted by molar-refractivity contribution is -0.384. The van der Waals surface area contributed by atoms with Gasteiger partial charge in [0.25, 0.3) is 11.6 Å². The van der Waals surface area contributed by atoms with Crippen molar-refractivity contribution in [2.45, 2.75) is 27.1 Å². The number of carbonyl (C=O) groups excluding carboxylic acids is 1. The van der Waals surface area contributed by atoms with Gasteiger partial charge in [0.1, 0.15) is 24.9 Å². The Labute approximate surface area is 255 Å². The summed E-state index contributed by atoms with van der Waals surface area (Å²) in [6.45, 7) is 5.22. The van der Waals surface area contributed by atoms with Crippen LogP contribution in [0.2, 0.25) is 0 Å². The highest BCUT2D eigenvalue weighted by Crippen LogP contribution is 2.33. The van der Waals surface area contributed by atoms with Crippen LogP contribution >= 0.6 is 0 Å². The maximum Gasteiger partial charge on any atom is 0.271 e. The minimum Gasteiger partial charge on any atom is -0.490 e. The lowest BCUT2D eigenvalue weighted by Crippen LogP contribution is -2.13. The van der Waals surface area contributed by atoms with E-state index in [1.54, 1.807) is 18.2 Å². The second-order valence-corrected chi connectivity index (χ2v) is 9.35. The third-order valence-electron chi connectivity index (χ3n) is 6.20. The van der Waals surface area contributed by atoms with Gasteiger partial charge in [-0.3, -0.25) is 14.9 Å². The summed E-state index contributed by atoms with van der Waals surface area (Å²) in [5, 5.41) is 23.2. The average Bonchev–Trinajstić information content (AvgIpc) is 3.03. The first-order valence-corrected chi connectivity index (χ1v) is 13.9. The summed E-state index contributed by atoms with van der Waals surface area (Å²) >= 11 is 0. The molecule has 4 rings (SSSR count). The second-order valence-electron chi connectivity index (χ2n) is 9.35. The summed E-state index contributed by atoms with van der Waals surface area (Å²) in [5.41, 5.74) is 2.28. The van der Waals surface area contributed by atoms with Crippen molar-refractivity contribution in [1.29, 1.82) is 5.26 Å². The number of non-ortho nitro benzene ring substituents is 1. The number of nitro benzene ring substituents is 1. The molecule has 0 aliphatic carbocycles. The highest BCUT2D eigenvalue weighted by Gasteiger charge is 2.14. The zero-order valence-electron chi connectivity index (χ0n) is 24.3. The number of nitriles is 1. The van der Waals surface area contributed by atoms with Gasteiger partial charge in [0.2, 0.25) is 0 Å². The number of nitrogens with zero attached hydrogens (tertiary/aromatic N) is 2. The van der Waals surface area contributed by atoms with Crippen LogP contribution in [-0.2, 0) is 18.0 Å². The minimum atomic E-state index is -0.701. The SMILES string of the molecule is CCOc1cc(/C=C(/C#N)C(=O)Nc2cccc([N+](=O)[O-])c2)ccc1OCc1ccc(OCc2ccccc2)c(OCC)c1. The predicted octanol–water partition coefficient (Wildman–Crippen LogP) is 7.10. The van der Waals surface area contributed by atoms with Crippen molar-refractivity contribution in [2.75, 3.05) is 18.5 Å². The molecule has 10 nitrogen and oxygen atoms in total. The van der Waals surface area contributed by atoms with Crippen LogP contribution in [0.25, 0.3) is 6.08 Å². The van der Waals surface area contributed by atoms with Crippen LogP contribution in [0, 0.1) is 21.4 Å². The van der Waals surface area contributed by atoms with E-state index in [1.807, 2.05) is 68.4 Å². The van der Waals surface area contributed by atoms with Crippen LogP contribution in [-0.4, -0.2) is 24.0 Å². The molecule has 0 unspecified atom stereocenters. The topological polar surface area (TPSA) is 133 Å². The fourth-order valence-electron chi connectivity index (χ4n) is 4.14. The van der Waals surface area contributed by atoms with E-state index in [9.17, 15) is 20.2 Å². The first-order chi connectivity index (χ1) is 21.4. The summed E-state index contributed by atoms with van der Waals surface area (Å²) in [7, 11) is 0. The van der Waals surface area contributed by atoms with Gasteiger partial charge in [0.15, 0.2) is 23.0 Å². The summed E-state index contributed by atoms with van der Waals surface area (Å²) in [4.78, 5) is 23.2. The molecule has 0 aliphatic rings. The minimum absolute atomic E-state index is 0.177. The standard InChI is InChI=1S/C34H31N3O7/c1-3-41-32-18-25(17-27(21-35)34(38)36-28-11-8-12-29(20-28)37(39)40)13-15-30(32)44-23-26-14-16-31(33(19-26)42-4-2)43-22-24-9-6-5-7-10-24/h5-20H,3-4,22-23H2,1-2H3,(H,36,38)/b27-17-. The summed E-state index contributed by atoms with van der Waals surface area (Å²) in [6.07, 6.45) is 1.40. The van der Waals surface area contributed by atoms with Crippen LogP contribution in [0.4, 0.5) is 11.4 Å². The highest BCUT2D eigenvalue weighted by molar-refractivity contribution is 6.09. The third-order valence-corrected chi connectivity index (χ3v) is 6.20. The third kappa shape index (κ3) is 8.59. The highest BCUT2D eigenvalue weighted by atomic mass is 16.6. The van der Waals surface area contributed by atoms with Crippen molar-refractivity contribution in [3.05, 3.63) is 123 Å². The molecule has 0 heterocycles. The number of rotatable bonds is 14. The van der Waals surface area contributed by atoms with E-state index in [2.05, 4.69) is 5.32 Å². The van der Waals surface area contributed by atoms with Crippen molar-refractivity contribution in [3.63, 3.8) is 0 Å². The molecule has 0 fully saturated rings. The number of hydrogen-bond donors (Lipinski definition) is 1. The molecular formula is C34H31N3O7. The van der Waals surface area contributed by atoms with Gasteiger partial charge in [-0.25, -0.2) is 0 Å². The molecule has 0 aliphatic heterocycles. The van der Waals surface area contributed by atoms with Crippen LogP contribution in [0.5, 0.6) is 23.0 Å². The Morgan fingerprint density at radius 1 is 0.795 bits per heavy atom. The number of amides is 1. The Balaban J connectivity index is 1.46. The molecule has 4 aromatic rings. The van der Waals surface area contributed by atoms with Crippen molar-refractivity contribution in [3.8, 4) is 29.1 Å². The molecule has 0 aromatic heterocycles. The molecule has 0 saturated heterocycles. The predicted molar refractivity (Wildman–Crippen MR) is 166 cm³/mol. The largest absolute Gasteiger partial charge is 0.490 e. The average molecular weight is 594 g/mol. The van der Waals surface area contributed by atoms with Gasteiger partial charge in [-0.15, -0.1) is 0 Å². The van der Waals surface area contributed by atoms with E-state index in [4.69, 9.17) is 18.9 Å². The lowest BCUT2D eigenvalue weighted by Gasteiger charge is -2.15. The molecule has 224 valence electrons. The van der Waals surface area contributed by atoms with Crippen molar-refractivity contribution >= 4 is 23.4 Å². The maximum absolute atomic E-state index is 12.7. The van der Waals surface area contributed by atoms with Crippen LogP contribution in [0.3, 0.4) is 0 Å². The molecule has 1 N–H and O–H groups in total. The van der Waals surface area contributed by atoms with E-state index < -0.39 is 10.8 Å². The Morgan fingerprint density at radius 2 is 1.45 bits per heavy atom. The summed E-state index contributed by atoms with van der Waals surface area (Å²) in [5.74, 6) is 1.46. The Hall–Kier alpha value is -5.82. The van der Waals surface area contributed by atoms with Gasteiger partial charge in [0, 0.05) is 17.8 Å². The van der Waals surface area contributed by atoms with E-state index in [0.29, 0.717) is 48.4 Å². The fraction of sp³-hybridized carbons (Fsp3) is 0.176. The number of benzene rings is 4. The molecule has 1 amide bonds. The van der Waals surface area contributed by atoms with E-state index in [1.165, 1.54) is 30.3 Å². The summed E-state index contributed by atoms with van der Waals surface area (Å²) in [6, 6.07) is 27.9. The van der Waals surface area contributed by atoms with Crippen molar-refractivity contribution in [1.82, 2.24) is 0 Å². The van der Waals surface area contributed by atoms with Crippen LogP contribution < -0.4 is 24.3 Å². The van der Waals surface area contributed by atoms with Crippen LogP contribution in [0.15, 0.2) is 96.6 Å². The summed E-state index contributed by atoms with van der Waals surface area (Å²) < 4.78 is 23.7. The van der Waals surface area contributed by atoms with E-state index >= 15 is 0 Å². The number of nitrogens with one attached hydrogen (secondary N) is 1. The molecule has 0 saturated carbocycles. The molecule has 10 heteroatoms. The second kappa shape index (κ2) is 15.4. The quantitative estimate of drug-likeness (QED) is 0.0709. The number of hydrogen-bond acceptors (Lipinski definition) is 8. The zero-order valence-corrected chi connectivity index (χ0v) is 24.3.